The Balaban J connectivity index is 1.69. The van der Waals surface area contributed by atoms with E-state index in [4.69, 9.17) is 0 Å². The Morgan fingerprint density at radius 1 is 1.27 bits per heavy atom. The fourth-order valence-corrected chi connectivity index (χ4v) is 3.50. The Labute approximate surface area is 154 Å². The second-order valence-corrected chi connectivity index (χ2v) is 7.37. The first kappa shape index (κ1) is 18.6. The Kier molecular flexibility index (Phi) is 6.04. The molecule has 0 radical (unpaired) electrons. The van der Waals surface area contributed by atoms with Gasteiger partial charge in [0.15, 0.2) is 0 Å². The maximum Gasteiger partial charge on any atom is 0.224 e. The van der Waals surface area contributed by atoms with Crippen molar-refractivity contribution >= 4 is 5.91 Å². The quantitative estimate of drug-likeness (QED) is 0.864. The van der Waals surface area contributed by atoms with Crippen LogP contribution in [0.3, 0.4) is 0 Å². The van der Waals surface area contributed by atoms with Crippen LogP contribution in [0.2, 0.25) is 0 Å². The molecule has 1 amide bonds. The van der Waals surface area contributed by atoms with Crippen molar-refractivity contribution in [3.63, 3.8) is 0 Å². The molecule has 1 aliphatic heterocycles. The summed E-state index contributed by atoms with van der Waals surface area (Å²) in [5.41, 5.74) is 2.15. The minimum atomic E-state index is -0.248. The summed E-state index contributed by atoms with van der Waals surface area (Å²) in [6.07, 6.45) is 5.22. The van der Waals surface area contributed by atoms with Crippen LogP contribution in [-0.2, 0) is 17.8 Å². The lowest BCUT2D eigenvalue weighted by Crippen LogP contribution is -2.46. The van der Waals surface area contributed by atoms with Crippen molar-refractivity contribution in [1.29, 1.82) is 0 Å². The molecule has 1 fully saturated rings. The molecular weight excluding hydrogens is 331 g/mol. The van der Waals surface area contributed by atoms with Crippen LogP contribution < -0.4 is 0 Å². The molecule has 0 aliphatic carbocycles. The first-order valence-electron chi connectivity index (χ1n) is 9.27. The molecule has 1 aromatic heterocycles. The highest BCUT2D eigenvalue weighted by Crippen LogP contribution is 2.21. The van der Waals surface area contributed by atoms with E-state index in [0.29, 0.717) is 18.9 Å². The number of nitrogens with zero attached hydrogens (tertiary/aromatic N) is 3. The van der Waals surface area contributed by atoms with Crippen molar-refractivity contribution in [3.8, 4) is 0 Å². The number of carbonyl (C=O) groups is 1. The average molecular weight is 358 g/mol. The van der Waals surface area contributed by atoms with E-state index in [1.807, 2.05) is 17.3 Å². The summed E-state index contributed by atoms with van der Waals surface area (Å²) in [7, 11) is 0. The molecule has 1 aliphatic rings. The number of halogens is 1. The maximum atomic E-state index is 13.2. The van der Waals surface area contributed by atoms with E-state index >= 15 is 0 Å². The lowest BCUT2D eigenvalue weighted by molar-refractivity contribution is -0.134. The van der Waals surface area contributed by atoms with Gasteiger partial charge in [0.1, 0.15) is 5.82 Å². The van der Waals surface area contributed by atoms with Gasteiger partial charge in [-0.25, -0.2) is 4.39 Å². The van der Waals surface area contributed by atoms with Crippen LogP contribution >= 0.6 is 0 Å². The zero-order valence-corrected chi connectivity index (χ0v) is 15.5. The van der Waals surface area contributed by atoms with Crippen LogP contribution in [0.5, 0.6) is 0 Å². The Hall–Kier alpha value is -2.21. The van der Waals surface area contributed by atoms with E-state index < -0.39 is 0 Å². The third-order valence-corrected chi connectivity index (χ3v) is 5.12. The molecule has 0 spiro atoms. The standard InChI is InChI=1S/C20H27FN4O/c1-15(2)19-14-24(9-7-17-11-22-23-12-17)10-8-20(26)25(19)13-16-3-5-18(21)6-4-16/h3-6,11-12,15,19H,7-10,13-14H2,1-2H3,(H,22,23). The minimum Gasteiger partial charge on any atom is -0.334 e. The third-order valence-electron chi connectivity index (χ3n) is 5.12. The van der Waals surface area contributed by atoms with E-state index in [1.165, 1.54) is 17.7 Å². The molecular formula is C20H27FN4O. The van der Waals surface area contributed by atoms with Crippen LogP contribution in [0.15, 0.2) is 36.7 Å². The van der Waals surface area contributed by atoms with Crippen LogP contribution in [0, 0.1) is 11.7 Å². The van der Waals surface area contributed by atoms with E-state index in [9.17, 15) is 9.18 Å². The highest BCUT2D eigenvalue weighted by molar-refractivity contribution is 5.77. The zero-order chi connectivity index (χ0) is 18.5. The molecule has 5 nitrogen and oxygen atoms in total. The summed E-state index contributed by atoms with van der Waals surface area (Å²) in [6, 6.07) is 6.60. The number of rotatable bonds is 6. The summed E-state index contributed by atoms with van der Waals surface area (Å²) in [4.78, 5) is 17.1. The summed E-state index contributed by atoms with van der Waals surface area (Å²) in [6.45, 7) is 7.42. The van der Waals surface area contributed by atoms with E-state index in [-0.39, 0.29) is 17.8 Å². The Morgan fingerprint density at radius 3 is 2.69 bits per heavy atom. The smallest absolute Gasteiger partial charge is 0.224 e. The van der Waals surface area contributed by atoms with Crippen LogP contribution in [0.1, 0.15) is 31.4 Å². The SMILES string of the molecule is CC(C)C1CN(CCc2cn[nH]c2)CCC(=O)N1Cc1ccc(F)cc1. The number of aromatic amines is 1. The average Bonchev–Trinajstić information content (AvgIpc) is 3.08. The van der Waals surface area contributed by atoms with E-state index in [1.54, 1.807) is 12.1 Å². The number of benzene rings is 1. The van der Waals surface area contributed by atoms with Gasteiger partial charge in [0.25, 0.3) is 0 Å². The minimum absolute atomic E-state index is 0.152. The van der Waals surface area contributed by atoms with Gasteiger partial charge in [-0.1, -0.05) is 26.0 Å². The molecule has 140 valence electrons. The van der Waals surface area contributed by atoms with E-state index in [0.717, 1.165) is 31.6 Å². The largest absolute Gasteiger partial charge is 0.334 e. The molecule has 1 saturated heterocycles. The molecule has 1 atom stereocenters. The molecule has 0 bridgehead atoms. The molecule has 0 saturated carbocycles. The molecule has 6 heteroatoms. The molecule has 26 heavy (non-hydrogen) atoms. The van der Waals surface area contributed by atoms with Gasteiger partial charge in [0, 0.05) is 44.8 Å². The highest BCUT2D eigenvalue weighted by Gasteiger charge is 2.31. The molecule has 1 N–H and O–H groups in total. The predicted molar refractivity (Wildman–Crippen MR) is 98.9 cm³/mol. The van der Waals surface area contributed by atoms with Crippen LogP contribution in [-0.4, -0.2) is 51.6 Å². The van der Waals surface area contributed by atoms with Crippen LogP contribution in [0.25, 0.3) is 0 Å². The molecule has 2 aromatic rings. The molecule has 2 heterocycles. The van der Waals surface area contributed by atoms with Gasteiger partial charge in [0.2, 0.25) is 5.91 Å². The molecule has 1 aromatic carbocycles. The number of aromatic nitrogens is 2. The lowest BCUT2D eigenvalue weighted by atomic mass is 10.0. The summed E-state index contributed by atoms with van der Waals surface area (Å²) in [5, 5.41) is 6.84. The van der Waals surface area contributed by atoms with E-state index in [2.05, 4.69) is 28.9 Å². The van der Waals surface area contributed by atoms with Gasteiger partial charge in [-0.3, -0.25) is 9.89 Å². The van der Waals surface area contributed by atoms with Crippen LogP contribution in [0.4, 0.5) is 4.39 Å². The van der Waals surface area contributed by atoms with Gasteiger partial charge >= 0.3 is 0 Å². The number of hydrogen-bond acceptors (Lipinski definition) is 3. The number of hydrogen-bond donors (Lipinski definition) is 1. The number of nitrogens with one attached hydrogen (secondary N) is 1. The van der Waals surface area contributed by atoms with Gasteiger partial charge in [-0.05, 0) is 35.6 Å². The van der Waals surface area contributed by atoms with Crippen molar-refractivity contribution < 1.29 is 9.18 Å². The normalized spacial score (nSPS) is 19.2. The van der Waals surface area contributed by atoms with Crippen molar-refractivity contribution in [2.24, 2.45) is 5.92 Å². The second kappa shape index (κ2) is 8.45. The lowest BCUT2D eigenvalue weighted by Gasteiger charge is -2.35. The zero-order valence-electron chi connectivity index (χ0n) is 15.5. The third kappa shape index (κ3) is 4.69. The number of carbonyl (C=O) groups excluding carboxylic acids is 1. The van der Waals surface area contributed by atoms with Crippen molar-refractivity contribution in [1.82, 2.24) is 20.0 Å². The fourth-order valence-electron chi connectivity index (χ4n) is 3.50. The molecule has 3 rings (SSSR count). The maximum absolute atomic E-state index is 13.2. The second-order valence-electron chi connectivity index (χ2n) is 7.37. The first-order chi connectivity index (χ1) is 12.5. The molecule has 1 unspecified atom stereocenters. The van der Waals surface area contributed by atoms with Gasteiger partial charge in [-0.2, -0.15) is 5.10 Å². The number of amides is 1. The van der Waals surface area contributed by atoms with Gasteiger partial charge < -0.3 is 9.80 Å². The van der Waals surface area contributed by atoms with Crippen molar-refractivity contribution in [2.75, 3.05) is 19.6 Å². The Morgan fingerprint density at radius 2 is 2.04 bits per heavy atom. The topological polar surface area (TPSA) is 52.2 Å². The van der Waals surface area contributed by atoms with Gasteiger partial charge in [0.05, 0.1) is 6.20 Å². The fraction of sp³-hybridized carbons (Fsp3) is 0.500. The number of H-pyrrole nitrogens is 1. The van der Waals surface area contributed by atoms with Crippen molar-refractivity contribution in [2.45, 2.75) is 39.3 Å². The summed E-state index contributed by atoms with van der Waals surface area (Å²) in [5.74, 6) is 0.287. The highest BCUT2D eigenvalue weighted by atomic mass is 19.1. The summed E-state index contributed by atoms with van der Waals surface area (Å²) >= 11 is 0. The predicted octanol–water partition coefficient (Wildman–Crippen LogP) is 2.85. The Bertz CT molecular complexity index is 699. The van der Waals surface area contributed by atoms with Crippen molar-refractivity contribution in [3.05, 3.63) is 53.6 Å². The monoisotopic (exact) mass is 358 g/mol. The van der Waals surface area contributed by atoms with Gasteiger partial charge in [-0.15, -0.1) is 0 Å². The summed E-state index contributed by atoms with van der Waals surface area (Å²) < 4.78 is 13.2. The first-order valence-corrected chi connectivity index (χ1v) is 9.27.